The summed E-state index contributed by atoms with van der Waals surface area (Å²) in [5, 5.41) is 0. The number of hydrogen-bond acceptors (Lipinski definition) is 1. The van der Waals surface area contributed by atoms with Gasteiger partial charge in [-0.05, 0) is 24.6 Å². The fraction of sp³-hybridized carbons (Fsp3) is 0.467. The maximum absolute atomic E-state index is 2.39. The van der Waals surface area contributed by atoms with Crippen molar-refractivity contribution in [1.82, 2.24) is 4.90 Å². The Morgan fingerprint density at radius 1 is 1.12 bits per heavy atom. The minimum atomic E-state index is 0.267. The van der Waals surface area contributed by atoms with Crippen molar-refractivity contribution >= 4 is 11.3 Å². The molecule has 1 aliphatic rings. The first-order valence-electron chi connectivity index (χ1n) is 5.92. The topological polar surface area (TPSA) is 5.90 Å². The molecule has 1 heteroatoms. The highest BCUT2D eigenvalue weighted by Crippen LogP contribution is 2.38. The van der Waals surface area contributed by atoms with Crippen molar-refractivity contribution in [3.05, 3.63) is 35.9 Å². The Bertz CT molecular complexity index is 423. The van der Waals surface area contributed by atoms with Gasteiger partial charge in [0.15, 0.2) is 11.7 Å². The number of hydrogen-bond donors (Lipinski definition) is 0. The number of anilines is 1. The van der Waals surface area contributed by atoms with E-state index in [0.717, 1.165) is 0 Å². The molecule has 0 spiro atoms. The van der Waals surface area contributed by atoms with Crippen molar-refractivity contribution in [2.45, 2.75) is 33.7 Å². The van der Waals surface area contributed by atoms with E-state index in [1.165, 1.54) is 16.8 Å². The molecule has 1 aromatic carbocycles. The Balaban J connectivity index is 2.51. The van der Waals surface area contributed by atoms with Gasteiger partial charge in [-0.3, -0.25) is 0 Å². The van der Waals surface area contributed by atoms with E-state index in [2.05, 4.69) is 70.0 Å². The highest BCUT2D eigenvalue weighted by atomic mass is 15.1. The second-order valence-electron chi connectivity index (χ2n) is 5.79. The molecule has 1 atom stereocenters. The smallest absolute Gasteiger partial charge is 0.129 e. The molecule has 0 fully saturated rings. The van der Waals surface area contributed by atoms with Gasteiger partial charge in [0.2, 0.25) is 0 Å². The molecule has 85 valence electrons. The molecular formula is C15H21N+. The Morgan fingerprint density at radius 3 is 2.38 bits per heavy atom. The number of para-hydroxylation sites is 1. The highest BCUT2D eigenvalue weighted by Gasteiger charge is 2.39. The van der Waals surface area contributed by atoms with E-state index >= 15 is 0 Å². The molecule has 0 saturated carbocycles. The molecule has 16 heavy (non-hydrogen) atoms. The Hall–Kier alpha value is -1.08. The van der Waals surface area contributed by atoms with Crippen molar-refractivity contribution in [2.24, 2.45) is 5.41 Å². The van der Waals surface area contributed by atoms with Gasteiger partial charge in [0.25, 0.3) is 0 Å². The van der Waals surface area contributed by atoms with Crippen LogP contribution in [0.15, 0.2) is 30.3 Å². The van der Waals surface area contributed by atoms with Crippen molar-refractivity contribution in [1.29, 1.82) is 0 Å². The van der Waals surface area contributed by atoms with Gasteiger partial charge < -0.3 is 0 Å². The van der Waals surface area contributed by atoms with Crippen LogP contribution < -0.4 is 4.90 Å². The third-order valence-electron chi connectivity index (χ3n) is 3.42. The summed E-state index contributed by atoms with van der Waals surface area (Å²) < 4.78 is 0. The van der Waals surface area contributed by atoms with Gasteiger partial charge in [-0.1, -0.05) is 32.9 Å². The fourth-order valence-electron chi connectivity index (χ4n) is 2.53. The lowest BCUT2D eigenvalue weighted by molar-refractivity contribution is 0.281. The Kier molecular flexibility index (Phi) is 2.67. The van der Waals surface area contributed by atoms with Crippen LogP contribution >= 0.6 is 0 Å². The van der Waals surface area contributed by atoms with Crippen molar-refractivity contribution < 1.29 is 0 Å². The number of benzene rings is 1. The minimum Gasteiger partial charge on any atom is -0.129 e. The van der Waals surface area contributed by atoms with E-state index in [1.807, 2.05) is 0 Å². The van der Waals surface area contributed by atoms with Crippen LogP contribution in [0.2, 0.25) is 0 Å². The van der Waals surface area contributed by atoms with Crippen LogP contribution in [-0.2, 0) is 0 Å². The summed E-state index contributed by atoms with van der Waals surface area (Å²) in [6, 6.07) is 9.12. The maximum atomic E-state index is 2.39. The predicted molar refractivity (Wildman–Crippen MR) is 71.1 cm³/mol. The summed E-state index contributed by atoms with van der Waals surface area (Å²) in [6.07, 6.45) is 2.39. The van der Waals surface area contributed by atoms with E-state index in [4.69, 9.17) is 0 Å². The molecule has 1 unspecified atom stereocenters. The van der Waals surface area contributed by atoms with E-state index < -0.39 is 0 Å². The predicted octanol–water partition coefficient (Wildman–Crippen LogP) is 3.92. The molecule has 1 aromatic rings. The van der Waals surface area contributed by atoms with Crippen LogP contribution in [0.4, 0.5) is 5.69 Å². The van der Waals surface area contributed by atoms with Crippen molar-refractivity contribution in [2.75, 3.05) is 7.05 Å². The summed E-state index contributed by atoms with van der Waals surface area (Å²) >= 11 is 0. The van der Waals surface area contributed by atoms with Gasteiger partial charge in [0.05, 0.1) is 0 Å². The molecule has 2 rings (SSSR count). The third-order valence-corrected chi connectivity index (χ3v) is 3.42. The zero-order chi connectivity index (χ0) is 11.9. The van der Waals surface area contributed by atoms with E-state index in [1.54, 1.807) is 0 Å². The van der Waals surface area contributed by atoms with E-state index in [0.29, 0.717) is 6.04 Å². The minimum absolute atomic E-state index is 0.267. The summed E-state index contributed by atoms with van der Waals surface area (Å²) in [4.78, 5) is 2.39. The summed E-state index contributed by atoms with van der Waals surface area (Å²) in [7, 11) is 2.19. The molecule has 1 heterocycles. The van der Waals surface area contributed by atoms with Crippen molar-refractivity contribution in [3.63, 3.8) is 0 Å². The van der Waals surface area contributed by atoms with Crippen LogP contribution in [0, 0.1) is 5.41 Å². The average Bonchev–Trinajstić information content (AvgIpc) is 2.22. The van der Waals surface area contributed by atoms with Crippen LogP contribution in [0.1, 0.15) is 33.3 Å². The standard InChI is InChI=1S/C15H21N/c1-11-10-14(15(2,3)4)16(5)13-9-7-6-8-12(11)13/h6-10,14H,1-5H3/q+1. The van der Waals surface area contributed by atoms with Crippen LogP contribution in [0.25, 0.3) is 5.57 Å². The highest BCUT2D eigenvalue weighted by molar-refractivity contribution is 5.76. The number of nitrogens with zero attached hydrogens (tertiary/aromatic N) is 1. The maximum Gasteiger partial charge on any atom is 0.188 e. The molecule has 1 nitrogen and oxygen atoms in total. The van der Waals surface area contributed by atoms with Gasteiger partial charge in [-0.15, -0.1) is 4.90 Å². The van der Waals surface area contributed by atoms with Gasteiger partial charge >= 0.3 is 0 Å². The second-order valence-corrected chi connectivity index (χ2v) is 5.79. The normalized spacial score (nSPS) is 21.6. The lowest BCUT2D eigenvalue weighted by Gasteiger charge is -2.32. The first kappa shape index (κ1) is 11.4. The SMILES string of the molecule is CC1=CC(C(C)(C)C)[N+](C)c2ccccc21. The molecule has 1 radical (unpaired) electrons. The molecular weight excluding hydrogens is 194 g/mol. The fourth-order valence-corrected chi connectivity index (χ4v) is 2.53. The molecule has 0 aliphatic carbocycles. The molecule has 1 aliphatic heterocycles. The average molecular weight is 215 g/mol. The molecule has 0 amide bonds. The Morgan fingerprint density at radius 2 is 1.75 bits per heavy atom. The van der Waals surface area contributed by atoms with Gasteiger partial charge in [0.1, 0.15) is 7.05 Å². The lowest BCUT2D eigenvalue weighted by atomic mass is 9.81. The first-order valence-corrected chi connectivity index (χ1v) is 5.92. The van der Waals surface area contributed by atoms with E-state index in [9.17, 15) is 0 Å². The molecule has 0 saturated heterocycles. The number of rotatable bonds is 0. The van der Waals surface area contributed by atoms with Crippen molar-refractivity contribution in [3.8, 4) is 0 Å². The second kappa shape index (κ2) is 3.74. The lowest BCUT2D eigenvalue weighted by Crippen LogP contribution is -2.43. The first-order chi connectivity index (χ1) is 7.41. The largest absolute Gasteiger partial charge is 0.188 e. The monoisotopic (exact) mass is 215 g/mol. The molecule has 0 aromatic heterocycles. The number of likely N-dealkylation sites (N-methyl/N-ethyl adjacent to an activating group) is 1. The summed E-state index contributed by atoms with van der Waals surface area (Å²) in [5.74, 6) is 0. The number of fused-ring (bicyclic) bond motifs is 1. The summed E-state index contributed by atoms with van der Waals surface area (Å²) in [5.41, 5.74) is 4.38. The number of allylic oxidation sites excluding steroid dienone is 1. The Labute approximate surface area is 98.8 Å². The zero-order valence-corrected chi connectivity index (χ0v) is 10.9. The molecule has 0 N–H and O–H groups in total. The van der Waals surface area contributed by atoms with Gasteiger partial charge in [-0.25, -0.2) is 0 Å². The summed E-state index contributed by atoms with van der Waals surface area (Å²) in [6.45, 7) is 9.11. The van der Waals surface area contributed by atoms with Gasteiger partial charge in [-0.2, -0.15) is 0 Å². The quantitative estimate of drug-likeness (QED) is 0.579. The third kappa shape index (κ3) is 1.80. The van der Waals surface area contributed by atoms with E-state index in [-0.39, 0.29) is 5.41 Å². The van der Waals surface area contributed by atoms with Crippen LogP contribution in [-0.4, -0.2) is 13.1 Å². The van der Waals surface area contributed by atoms with Crippen LogP contribution in [0.5, 0.6) is 0 Å². The molecule has 0 bridgehead atoms. The zero-order valence-electron chi connectivity index (χ0n) is 10.9. The van der Waals surface area contributed by atoms with Crippen LogP contribution in [0.3, 0.4) is 0 Å². The van der Waals surface area contributed by atoms with Gasteiger partial charge in [0, 0.05) is 17.0 Å².